The number of hydrogen-bond acceptors (Lipinski definition) is 3. The van der Waals surface area contributed by atoms with Crippen LogP contribution in [-0.4, -0.2) is 51.1 Å². The number of nitrogens with one attached hydrogen (secondary N) is 1. The number of nitrogens with zero attached hydrogens (tertiary/aromatic N) is 1. The molecule has 1 heterocycles. The summed E-state index contributed by atoms with van der Waals surface area (Å²) < 4.78 is 11.5. The van der Waals surface area contributed by atoms with Gasteiger partial charge in [-0.25, -0.2) is 0 Å². The van der Waals surface area contributed by atoms with Crippen molar-refractivity contribution in [2.45, 2.75) is 58.4 Å². The predicted molar refractivity (Wildman–Crippen MR) is 85.3 cm³/mol. The number of rotatable bonds is 6. The molecular formula is C15H28N2O3S. The van der Waals surface area contributed by atoms with Gasteiger partial charge in [-0.3, -0.25) is 13.8 Å². The Morgan fingerprint density at radius 3 is 2.14 bits per heavy atom. The molecule has 0 bridgehead atoms. The number of hydrogen-bond donors (Lipinski definition) is 1. The Morgan fingerprint density at radius 1 is 1.14 bits per heavy atom. The number of amides is 2. The van der Waals surface area contributed by atoms with Gasteiger partial charge in [0.1, 0.15) is 12.1 Å². The van der Waals surface area contributed by atoms with Gasteiger partial charge in [-0.1, -0.05) is 34.6 Å². The van der Waals surface area contributed by atoms with Crippen LogP contribution in [0.15, 0.2) is 0 Å². The summed E-state index contributed by atoms with van der Waals surface area (Å²) >= 11 is 0. The zero-order chi connectivity index (χ0) is 16.3. The van der Waals surface area contributed by atoms with Gasteiger partial charge in [-0.15, -0.1) is 0 Å². The van der Waals surface area contributed by atoms with Gasteiger partial charge in [-0.05, 0) is 18.3 Å². The first kappa shape index (κ1) is 18.1. The standard InChI is InChI=1S/C15H28N2O3S/c1-9(2)12-15(19)17(8-7-11(5)21(6)20)13(10(3)4)14(18)16-12/h9-13H,7-8H2,1-6H3,(H,16,18). The van der Waals surface area contributed by atoms with Crippen molar-refractivity contribution >= 4 is 22.6 Å². The second-order valence-corrected chi connectivity index (χ2v) is 8.35. The van der Waals surface area contributed by atoms with Crippen LogP contribution in [0, 0.1) is 11.8 Å². The van der Waals surface area contributed by atoms with E-state index >= 15 is 0 Å². The Bertz CT molecular complexity index is 423. The van der Waals surface area contributed by atoms with Gasteiger partial charge < -0.3 is 10.2 Å². The van der Waals surface area contributed by atoms with Crippen LogP contribution in [0.2, 0.25) is 0 Å². The Balaban J connectivity index is 2.92. The molecule has 2 amide bonds. The van der Waals surface area contributed by atoms with Crippen molar-refractivity contribution in [3.05, 3.63) is 0 Å². The minimum atomic E-state index is -0.913. The zero-order valence-electron chi connectivity index (χ0n) is 13.9. The molecule has 6 heteroatoms. The Kier molecular flexibility index (Phi) is 6.38. The molecule has 1 aliphatic heterocycles. The van der Waals surface area contributed by atoms with Crippen LogP contribution in [-0.2, 0) is 20.4 Å². The van der Waals surface area contributed by atoms with Crippen molar-refractivity contribution < 1.29 is 13.8 Å². The van der Waals surface area contributed by atoms with Gasteiger partial charge in [-0.2, -0.15) is 0 Å². The molecule has 4 unspecified atom stereocenters. The first-order valence-electron chi connectivity index (χ1n) is 7.59. The molecule has 1 fully saturated rings. The van der Waals surface area contributed by atoms with Crippen molar-refractivity contribution in [3.63, 3.8) is 0 Å². The Hall–Kier alpha value is -0.910. The van der Waals surface area contributed by atoms with E-state index in [-0.39, 0.29) is 28.9 Å². The van der Waals surface area contributed by atoms with E-state index in [1.165, 1.54) is 0 Å². The molecule has 4 atom stereocenters. The minimum absolute atomic E-state index is 0.0163. The molecule has 21 heavy (non-hydrogen) atoms. The smallest absolute Gasteiger partial charge is 0.246 e. The third-order valence-corrected chi connectivity index (χ3v) is 5.46. The van der Waals surface area contributed by atoms with Crippen molar-refractivity contribution in [1.29, 1.82) is 0 Å². The molecule has 1 rings (SSSR count). The molecule has 122 valence electrons. The van der Waals surface area contributed by atoms with E-state index < -0.39 is 22.9 Å². The topological polar surface area (TPSA) is 66.5 Å². The van der Waals surface area contributed by atoms with E-state index in [0.29, 0.717) is 13.0 Å². The molecule has 5 nitrogen and oxygen atoms in total. The van der Waals surface area contributed by atoms with E-state index in [1.807, 2.05) is 34.6 Å². The molecule has 0 aromatic rings. The summed E-state index contributed by atoms with van der Waals surface area (Å²) in [6.45, 7) is 10.2. The average molecular weight is 316 g/mol. The van der Waals surface area contributed by atoms with Gasteiger partial charge in [0.15, 0.2) is 0 Å². The summed E-state index contributed by atoms with van der Waals surface area (Å²) in [4.78, 5) is 26.7. The van der Waals surface area contributed by atoms with Crippen LogP contribution in [0.1, 0.15) is 41.0 Å². The summed E-state index contributed by atoms with van der Waals surface area (Å²) in [5.41, 5.74) is 0. The van der Waals surface area contributed by atoms with Gasteiger partial charge in [0, 0.05) is 28.9 Å². The third kappa shape index (κ3) is 4.28. The van der Waals surface area contributed by atoms with Gasteiger partial charge in [0.2, 0.25) is 11.8 Å². The number of carbonyl (C=O) groups excluding carboxylic acids is 2. The molecule has 0 saturated carbocycles. The van der Waals surface area contributed by atoms with E-state index in [0.717, 1.165) is 0 Å². The number of carbonyl (C=O) groups is 2. The lowest BCUT2D eigenvalue weighted by molar-refractivity contribution is -0.152. The summed E-state index contributed by atoms with van der Waals surface area (Å²) in [7, 11) is -0.913. The maximum atomic E-state index is 12.6. The summed E-state index contributed by atoms with van der Waals surface area (Å²) in [5, 5.41) is 2.87. The van der Waals surface area contributed by atoms with Gasteiger partial charge >= 0.3 is 0 Å². The van der Waals surface area contributed by atoms with Crippen molar-refractivity contribution in [3.8, 4) is 0 Å². The van der Waals surface area contributed by atoms with E-state index in [9.17, 15) is 13.8 Å². The van der Waals surface area contributed by atoms with Crippen molar-refractivity contribution in [2.24, 2.45) is 11.8 Å². The molecule has 0 radical (unpaired) electrons. The van der Waals surface area contributed by atoms with E-state index in [1.54, 1.807) is 11.2 Å². The maximum Gasteiger partial charge on any atom is 0.246 e. The Labute approximate surface area is 130 Å². The van der Waals surface area contributed by atoms with Crippen LogP contribution < -0.4 is 5.32 Å². The van der Waals surface area contributed by atoms with Crippen LogP contribution in [0.25, 0.3) is 0 Å². The molecule has 0 aromatic heterocycles. The highest BCUT2D eigenvalue weighted by atomic mass is 32.2. The fourth-order valence-electron chi connectivity index (χ4n) is 2.61. The summed E-state index contributed by atoms with van der Waals surface area (Å²) in [6, 6.07) is -0.875. The summed E-state index contributed by atoms with van der Waals surface area (Å²) in [5.74, 6) is 0.0326. The van der Waals surface area contributed by atoms with Crippen LogP contribution >= 0.6 is 0 Å². The van der Waals surface area contributed by atoms with Gasteiger partial charge in [0.05, 0.1) is 0 Å². The zero-order valence-corrected chi connectivity index (χ0v) is 14.7. The lowest BCUT2D eigenvalue weighted by Gasteiger charge is -2.42. The highest BCUT2D eigenvalue weighted by Crippen LogP contribution is 2.21. The van der Waals surface area contributed by atoms with E-state index in [2.05, 4.69) is 5.32 Å². The second-order valence-electron chi connectivity index (χ2n) is 6.55. The van der Waals surface area contributed by atoms with Gasteiger partial charge in [0.25, 0.3) is 0 Å². The lowest BCUT2D eigenvalue weighted by atomic mass is 9.92. The normalized spacial score (nSPS) is 26.2. The highest BCUT2D eigenvalue weighted by Gasteiger charge is 2.42. The molecule has 0 aromatic carbocycles. The first-order chi connectivity index (χ1) is 9.66. The van der Waals surface area contributed by atoms with Crippen molar-refractivity contribution in [1.82, 2.24) is 10.2 Å². The number of piperazine rings is 1. The third-order valence-electron chi connectivity index (χ3n) is 4.09. The fourth-order valence-corrected chi connectivity index (χ4v) is 3.05. The minimum Gasteiger partial charge on any atom is -0.342 e. The van der Waals surface area contributed by atoms with E-state index in [4.69, 9.17) is 0 Å². The first-order valence-corrected chi connectivity index (χ1v) is 9.22. The molecule has 1 aliphatic rings. The quantitative estimate of drug-likeness (QED) is 0.799. The second kappa shape index (κ2) is 7.38. The maximum absolute atomic E-state index is 12.6. The summed E-state index contributed by atoms with van der Waals surface area (Å²) in [6.07, 6.45) is 2.32. The largest absolute Gasteiger partial charge is 0.342 e. The fraction of sp³-hybridized carbons (Fsp3) is 0.867. The van der Waals surface area contributed by atoms with Crippen molar-refractivity contribution in [2.75, 3.05) is 12.8 Å². The SMILES string of the molecule is CC(C)C1NC(=O)C(C(C)C)N(CCC(C)S(C)=O)C1=O. The van der Waals surface area contributed by atoms with Crippen LogP contribution in [0.4, 0.5) is 0 Å². The molecule has 0 aliphatic carbocycles. The predicted octanol–water partition coefficient (Wildman–Crippen LogP) is 1.15. The molecule has 1 saturated heterocycles. The monoisotopic (exact) mass is 316 g/mol. The van der Waals surface area contributed by atoms with Crippen LogP contribution in [0.3, 0.4) is 0 Å². The highest BCUT2D eigenvalue weighted by molar-refractivity contribution is 7.84. The Morgan fingerprint density at radius 2 is 1.71 bits per heavy atom. The lowest BCUT2D eigenvalue weighted by Crippen LogP contribution is -2.66. The molecule has 0 spiro atoms. The van der Waals surface area contributed by atoms with Crippen LogP contribution in [0.5, 0.6) is 0 Å². The average Bonchev–Trinajstić information content (AvgIpc) is 2.37. The molecule has 1 N–H and O–H groups in total. The molecular weight excluding hydrogens is 288 g/mol.